The van der Waals surface area contributed by atoms with E-state index in [4.69, 9.17) is 16.0 Å². The fourth-order valence-corrected chi connectivity index (χ4v) is 4.55. The average molecular weight is 398 g/mol. The number of halogens is 2. The van der Waals surface area contributed by atoms with Gasteiger partial charge in [0.25, 0.3) is 0 Å². The Balaban J connectivity index is 2.06. The first kappa shape index (κ1) is 18.7. The third-order valence-electron chi connectivity index (χ3n) is 4.07. The van der Waals surface area contributed by atoms with Crippen LogP contribution in [0.5, 0.6) is 0 Å². The van der Waals surface area contributed by atoms with E-state index in [1.807, 2.05) is 6.92 Å². The maximum absolute atomic E-state index is 13.3. The molecular weight excluding hydrogens is 381 g/mol. The number of aromatic nitrogens is 1. The summed E-state index contributed by atoms with van der Waals surface area (Å²) >= 11 is 5.72. The van der Waals surface area contributed by atoms with Crippen molar-refractivity contribution in [3.63, 3.8) is 0 Å². The van der Waals surface area contributed by atoms with Gasteiger partial charge in [0.05, 0.1) is 21.2 Å². The summed E-state index contributed by atoms with van der Waals surface area (Å²) in [4.78, 5) is 12.0. The quantitative estimate of drug-likeness (QED) is 0.650. The van der Waals surface area contributed by atoms with Crippen LogP contribution in [0.4, 0.5) is 4.39 Å². The highest BCUT2D eigenvalue weighted by Crippen LogP contribution is 2.26. The molecule has 2 aromatic carbocycles. The molecular formula is C18H17ClFNO4S. The summed E-state index contributed by atoms with van der Waals surface area (Å²) in [5.41, 5.74) is 1.84. The number of rotatable bonds is 5. The number of hydrogen-bond donors (Lipinski definition) is 0. The van der Waals surface area contributed by atoms with E-state index in [9.17, 15) is 17.6 Å². The van der Waals surface area contributed by atoms with Gasteiger partial charge in [0.15, 0.2) is 15.4 Å². The largest absolute Gasteiger partial charge is 0.419 e. The van der Waals surface area contributed by atoms with Crippen LogP contribution in [0.3, 0.4) is 0 Å². The molecule has 0 fully saturated rings. The predicted octanol–water partition coefficient (Wildman–Crippen LogP) is 4.08. The van der Waals surface area contributed by atoms with E-state index in [0.29, 0.717) is 23.2 Å². The maximum Gasteiger partial charge on any atom is 0.419 e. The highest BCUT2D eigenvalue weighted by atomic mass is 35.5. The van der Waals surface area contributed by atoms with Crippen molar-refractivity contribution >= 4 is 32.5 Å². The number of fused-ring (bicyclic) bond motifs is 1. The first-order valence-electron chi connectivity index (χ1n) is 8.03. The molecule has 1 heterocycles. The first-order chi connectivity index (χ1) is 12.2. The van der Waals surface area contributed by atoms with Crippen LogP contribution in [-0.4, -0.2) is 13.0 Å². The minimum Gasteiger partial charge on any atom is -0.408 e. The van der Waals surface area contributed by atoms with E-state index in [-0.39, 0.29) is 21.3 Å². The van der Waals surface area contributed by atoms with Crippen LogP contribution >= 0.6 is 11.6 Å². The Morgan fingerprint density at radius 1 is 1.23 bits per heavy atom. The van der Waals surface area contributed by atoms with Crippen LogP contribution in [0.1, 0.15) is 24.5 Å². The number of aryl methyl sites for hydroxylation is 2. The van der Waals surface area contributed by atoms with E-state index in [1.54, 1.807) is 6.92 Å². The molecule has 0 bridgehead atoms. The third-order valence-corrected chi connectivity index (χ3v) is 6.03. The highest BCUT2D eigenvalue weighted by Gasteiger charge is 2.21. The summed E-state index contributed by atoms with van der Waals surface area (Å²) in [6.07, 6.45) is 0.749. The second-order valence-corrected chi connectivity index (χ2v) is 8.51. The smallest absolute Gasteiger partial charge is 0.408 e. The Morgan fingerprint density at radius 2 is 1.96 bits per heavy atom. The predicted molar refractivity (Wildman–Crippen MR) is 97.8 cm³/mol. The van der Waals surface area contributed by atoms with Gasteiger partial charge in [-0.3, -0.25) is 4.57 Å². The zero-order valence-electron chi connectivity index (χ0n) is 14.3. The molecule has 0 spiro atoms. The summed E-state index contributed by atoms with van der Waals surface area (Å²) in [6, 6.07) is 6.67. The monoisotopic (exact) mass is 397 g/mol. The van der Waals surface area contributed by atoms with E-state index < -0.39 is 21.4 Å². The average Bonchev–Trinajstić information content (AvgIpc) is 2.87. The molecule has 0 saturated heterocycles. The van der Waals surface area contributed by atoms with Gasteiger partial charge in [-0.2, -0.15) is 0 Å². The highest BCUT2D eigenvalue weighted by molar-refractivity contribution is 7.90. The molecule has 0 radical (unpaired) electrons. The standard InChI is InChI=1S/C18H17ClFNO4S/c1-3-6-21-17-11(2)7-13(9-16(17)25-18(21)22)26(23,24)10-12-4-5-15(20)14(19)8-12/h4-5,7-9H,3,6,10H2,1-2H3. The molecule has 3 rings (SSSR count). The van der Waals surface area contributed by atoms with Crippen LogP contribution in [0.25, 0.3) is 11.1 Å². The number of sulfone groups is 1. The SMILES string of the molecule is CCCn1c(=O)oc2cc(S(=O)(=O)Cc3ccc(F)c(Cl)c3)cc(C)c21. The lowest BCUT2D eigenvalue weighted by Crippen LogP contribution is -2.14. The molecule has 3 aromatic rings. The van der Waals surface area contributed by atoms with E-state index in [2.05, 4.69) is 0 Å². The lowest BCUT2D eigenvalue weighted by Gasteiger charge is -2.08. The Morgan fingerprint density at radius 3 is 2.62 bits per heavy atom. The van der Waals surface area contributed by atoms with E-state index in [1.165, 1.54) is 28.8 Å². The number of oxazole rings is 1. The lowest BCUT2D eigenvalue weighted by atomic mass is 10.2. The van der Waals surface area contributed by atoms with Crippen molar-refractivity contribution < 1.29 is 17.2 Å². The third kappa shape index (κ3) is 3.41. The van der Waals surface area contributed by atoms with Crippen molar-refractivity contribution in [1.82, 2.24) is 4.57 Å². The fraction of sp³-hybridized carbons (Fsp3) is 0.278. The zero-order chi connectivity index (χ0) is 19.1. The lowest BCUT2D eigenvalue weighted by molar-refractivity contribution is 0.502. The molecule has 0 aliphatic carbocycles. The van der Waals surface area contributed by atoms with Crippen molar-refractivity contribution in [1.29, 1.82) is 0 Å². The molecule has 0 saturated carbocycles. The van der Waals surface area contributed by atoms with Crippen LogP contribution < -0.4 is 5.76 Å². The fourth-order valence-electron chi connectivity index (χ4n) is 2.92. The van der Waals surface area contributed by atoms with Crippen molar-refractivity contribution in [2.24, 2.45) is 0 Å². The molecule has 5 nitrogen and oxygen atoms in total. The maximum atomic E-state index is 13.3. The molecule has 26 heavy (non-hydrogen) atoms. The molecule has 0 amide bonds. The van der Waals surface area contributed by atoms with E-state index >= 15 is 0 Å². The van der Waals surface area contributed by atoms with Gasteiger partial charge in [-0.1, -0.05) is 24.6 Å². The van der Waals surface area contributed by atoms with Crippen molar-refractivity contribution in [2.45, 2.75) is 37.5 Å². The minimum absolute atomic E-state index is 0.0420. The van der Waals surface area contributed by atoms with Crippen molar-refractivity contribution in [3.05, 3.63) is 62.8 Å². The molecule has 8 heteroatoms. The Bertz CT molecular complexity index is 1150. The second-order valence-electron chi connectivity index (χ2n) is 6.11. The molecule has 0 atom stereocenters. The summed E-state index contributed by atoms with van der Waals surface area (Å²) in [5.74, 6) is -1.45. The van der Waals surface area contributed by atoms with Gasteiger partial charge in [-0.15, -0.1) is 0 Å². The molecule has 138 valence electrons. The summed E-state index contributed by atoms with van der Waals surface area (Å²) < 4.78 is 45.5. The Kier molecular flexibility index (Phi) is 4.94. The first-order valence-corrected chi connectivity index (χ1v) is 10.1. The molecule has 0 N–H and O–H groups in total. The summed E-state index contributed by atoms with van der Waals surface area (Å²) in [6.45, 7) is 4.16. The molecule has 0 aliphatic rings. The molecule has 0 unspecified atom stereocenters. The van der Waals surface area contributed by atoms with Gasteiger partial charge >= 0.3 is 5.76 Å². The van der Waals surface area contributed by atoms with Gasteiger partial charge in [-0.05, 0) is 42.7 Å². The van der Waals surface area contributed by atoms with Crippen molar-refractivity contribution in [3.8, 4) is 0 Å². The van der Waals surface area contributed by atoms with Crippen LogP contribution in [0, 0.1) is 12.7 Å². The second kappa shape index (κ2) is 6.89. The van der Waals surface area contributed by atoms with Gasteiger partial charge in [0.1, 0.15) is 5.82 Å². The number of benzene rings is 2. The topological polar surface area (TPSA) is 69.3 Å². The Hall–Kier alpha value is -2.12. The van der Waals surface area contributed by atoms with Gasteiger partial charge < -0.3 is 4.42 Å². The van der Waals surface area contributed by atoms with Crippen LogP contribution in [0.2, 0.25) is 5.02 Å². The van der Waals surface area contributed by atoms with Gasteiger partial charge in [0, 0.05) is 12.6 Å². The number of nitrogens with zero attached hydrogens (tertiary/aromatic N) is 1. The minimum atomic E-state index is -3.73. The summed E-state index contributed by atoms with van der Waals surface area (Å²) in [7, 11) is -3.73. The molecule has 1 aromatic heterocycles. The Labute approximate surface area is 154 Å². The van der Waals surface area contributed by atoms with E-state index in [0.717, 1.165) is 12.5 Å². The molecule has 0 aliphatic heterocycles. The van der Waals surface area contributed by atoms with Crippen LogP contribution in [-0.2, 0) is 22.1 Å². The zero-order valence-corrected chi connectivity index (χ0v) is 15.8. The van der Waals surface area contributed by atoms with Crippen molar-refractivity contribution in [2.75, 3.05) is 0 Å². The van der Waals surface area contributed by atoms with Crippen LogP contribution in [0.15, 0.2) is 44.4 Å². The van der Waals surface area contributed by atoms with Gasteiger partial charge in [0.2, 0.25) is 0 Å². The number of hydrogen-bond acceptors (Lipinski definition) is 4. The van der Waals surface area contributed by atoms with Gasteiger partial charge in [-0.25, -0.2) is 17.6 Å². The summed E-state index contributed by atoms with van der Waals surface area (Å²) in [5, 5.41) is -0.132. The normalized spacial score (nSPS) is 12.0.